The molecule has 0 atom stereocenters. The predicted molar refractivity (Wildman–Crippen MR) is 107 cm³/mol. The van der Waals surface area contributed by atoms with Gasteiger partial charge in [-0.05, 0) is 29.6 Å². The first kappa shape index (κ1) is 21.1. The zero-order chi connectivity index (χ0) is 19.8. The van der Waals surface area contributed by atoms with Gasteiger partial charge in [-0.15, -0.1) is 11.3 Å². The molecule has 144 valence electrons. The minimum absolute atomic E-state index is 0.0326. The molecule has 7 heteroatoms. The number of benzene rings is 1. The number of thiophene rings is 1. The molecular weight excluding hydrogens is 386 g/mol. The molecule has 1 heterocycles. The monoisotopic (exact) mass is 407 g/mol. The summed E-state index contributed by atoms with van der Waals surface area (Å²) >= 11 is 7.37. The molecule has 2 rings (SSSR count). The van der Waals surface area contributed by atoms with E-state index in [0.717, 1.165) is 5.56 Å². The minimum Gasteiger partial charge on any atom is -0.496 e. The molecule has 0 saturated carbocycles. The van der Waals surface area contributed by atoms with Gasteiger partial charge in [-0.1, -0.05) is 17.7 Å². The molecule has 2 aromatic rings. The van der Waals surface area contributed by atoms with E-state index in [9.17, 15) is 14.4 Å². The van der Waals surface area contributed by atoms with Gasteiger partial charge in [-0.2, -0.15) is 0 Å². The minimum atomic E-state index is -0.144. The van der Waals surface area contributed by atoms with Gasteiger partial charge in [0.25, 0.3) is 0 Å². The summed E-state index contributed by atoms with van der Waals surface area (Å²) in [6.07, 6.45) is 0.595. The second kappa shape index (κ2) is 10.2. The van der Waals surface area contributed by atoms with Gasteiger partial charge in [-0.3, -0.25) is 14.4 Å². The number of hydrogen-bond acceptors (Lipinski definition) is 5. The first-order chi connectivity index (χ1) is 12.9. The summed E-state index contributed by atoms with van der Waals surface area (Å²) in [5.41, 5.74) is 0.800. The molecule has 1 aromatic heterocycles. The standard InChI is InChI=1S/C20H22ClNO4S/c1-22(13-14-12-15(21)5-9-18(14)26-2)20(25)10-7-16(23)6-8-17(24)19-4-3-11-27-19/h3-5,9,11-12H,6-8,10,13H2,1-2H3. The van der Waals surface area contributed by atoms with Crippen LogP contribution in [0.2, 0.25) is 5.02 Å². The van der Waals surface area contributed by atoms with Gasteiger partial charge in [0, 0.05) is 49.9 Å². The van der Waals surface area contributed by atoms with Gasteiger partial charge in [0.2, 0.25) is 5.91 Å². The Morgan fingerprint density at radius 2 is 1.85 bits per heavy atom. The molecule has 0 saturated heterocycles. The third kappa shape index (κ3) is 6.48. The molecule has 0 aliphatic heterocycles. The zero-order valence-corrected chi connectivity index (χ0v) is 16.9. The highest BCUT2D eigenvalue weighted by Gasteiger charge is 2.15. The Morgan fingerprint density at radius 1 is 1.11 bits per heavy atom. The van der Waals surface area contributed by atoms with Crippen LogP contribution in [0.25, 0.3) is 0 Å². The molecule has 0 radical (unpaired) electrons. The Kier molecular flexibility index (Phi) is 8.00. The van der Waals surface area contributed by atoms with Crippen molar-refractivity contribution in [3.05, 3.63) is 51.2 Å². The number of ketones is 2. The maximum Gasteiger partial charge on any atom is 0.223 e. The zero-order valence-electron chi connectivity index (χ0n) is 15.4. The molecule has 0 spiro atoms. The fourth-order valence-electron chi connectivity index (χ4n) is 2.59. The van der Waals surface area contributed by atoms with E-state index < -0.39 is 0 Å². The lowest BCUT2D eigenvalue weighted by atomic mass is 10.1. The third-order valence-electron chi connectivity index (χ3n) is 4.12. The Morgan fingerprint density at radius 3 is 2.52 bits per heavy atom. The Bertz CT molecular complexity index is 804. The van der Waals surface area contributed by atoms with Crippen molar-refractivity contribution in [1.82, 2.24) is 4.90 Å². The number of rotatable bonds is 10. The maximum absolute atomic E-state index is 12.3. The largest absolute Gasteiger partial charge is 0.496 e. The first-order valence-corrected chi connectivity index (χ1v) is 9.81. The SMILES string of the molecule is COc1ccc(Cl)cc1CN(C)C(=O)CCC(=O)CCC(=O)c1cccs1. The predicted octanol–water partition coefficient (Wildman–Crippen LogP) is 4.38. The quantitative estimate of drug-likeness (QED) is 0.548. The molecule has 0 fully saturated rings. The average Bonchev–Trinajstić information content (AvgIpc) is 3.19. The highest BCUT2D eigenvalue weighted by Crippen LogP contribution is 2.24. The molecule has 0 N–H and O–H groups in total. The van der Waals surface area contributed by atoms with E-state index in [2.05, 4.69) is 0 Å². The van der Waals surface area contributed by atoms with Crippen LogP contribution in [0, 0.1) is 0 Å². The number of ether oxygens (including phenoxy) is 1. The lowest BCUT2D eigenvalue weighted by Crippen LogP contribution is -2.26. The molecule has 0 aliphatic carbocycles. The highest BCUT2D eigenvalue weighted by atomic mass is 35.5. The first-order valence-electron chi connectivity index (χ1n) is 8.55. The number of nitrogens with zero attached hydrogens (tertiary/aromatic N) is 1. The Balaban J connectivity index is 1.78. The van der Waals surface area contributed by atoms with Gasteiger partial charge in [0.15, 0.2) is 5.78 Å². The molecule has 0 aliphatic rings. The smallest absolute Gasteiger partial charge is 0.223 e. The van der Waals surface area contributed by atoms with E-state index >= 15 is 0 Å². The summed E-state index contributed by atoms with van der Waals surface area (Å²) in [6, 6.07) is 8.79. The van der Waals surface area contributed by atoms with Crippen LogP contribution >= 0.6 is 22.9 Å². The highest BCUT2D eigenvalue weighted by molar-refractivity contribution is 7.12. The number of Topliss-reactive ketones (excluding diaryl/α,β-unsaturated/α-hetero) is 2. The van der Waals surface area contributed by atoms with E-state index in [0.29, 0.717) is 22.2 Å². The van der Waals surface area contributed by atoms with Crippen LogP contribution in [-0.2, 0) is 16.1 Å². The number of halogens is 1. The molecule has 0 unspecified atom stereocenters. The van der Waals surface area contributed by atoms with Crippen LogP contribution < -0.4 is 4.74 Å². The van der Waals surface area contributed by atoms with Crippen molar-refractivity contribution in [2.75, 3.05) is 14.2 Å². The third-order valence-corrected chi connectivity index (χ3v) is 5.27. The van der Waals surface area contributed by atoms with Crippen molar-refractivity contribution in [3.8, 4) is 5.75 Å². The van der Waals surface area contributed by atoms with Gasteiger partial charge in [-0.25, -0.2) is 0 Å². The normalized spacial score (nSPS) is 10.5. The summed E-state index contributed by atoms with van der Waals surface area (Å²) in [5, 5.41) is 2.40. The molecule has 1 amide bonds. The van der Waals surface area contributed by atoms with Crippen LogP contribution in [0.1, 0.15) is 40.9 Å². The van der Waals surface area contributed by atoms with Gasteiger partial charge in [0.1, 0.15) is 11.5 Å². The van der Waals surface area contributed by atoms with E-state index in [1.807, 2.05) is 11.4 Å². The topological polar surface area (TPSA) is 63.7 Å². The summed E-state index contributed by atoms with van der Waals surface area (Å²) in [4.78, 5) is 38.4. The van der Waals surface area contributed by atoms with Crippen molar-refractivity contribution in [1.29, 1.82) is 0 Å². The van der Waals surface area contributed by atoms with Gasteiger partial charge < -0.3 is 9.64 Å². The second-order valence-corrected chi connectivity index (χ2v) is 7.53. The summed E-state index contributed by atoms with van der Waals surface area (Å²) in [6.45, 7) is 0.341. The lowest BCUT2D eigenvalue weighted by Gasteiger charge is -2.19. The summed E-state index contributed by atoms with van der Waals surface area (Å²) < 4.78 is 5.28. The lowest BCUT2D eigenvalue weighted by molar-refractivity contribution is -0.132. The number of carbonyl (C=O) groups excluding carboxylic acids is 3. The van der Waals surface area contributed by atoms with Crippen LogP contribution in [0.5, 0.6) is 5.75 Å². The summed E-state index contributed by atoms with van der Waals surface area (Å²) in [5.74, 6) is 0.397. The number of carbonyl (C=O) groups is 3. The molecule has 27 heavy (non-hydrogen) atoms. The van der Waals surface area contributed by atoms with Crippen molar-refractivity contribution >= 4 is 40.4 Å². The fraction of sp³-hybridized carbons (Fsp3) is 0.350. The number of hydrogen-bond donors (Lipinski definition) is 0. The Hall–Kier alpha value is -2.18. The number of amides is 1. The van der Waals surface area contributed by atoms with Crippen molar-refractivity contribution in [2.45, 2.75) is 32.2 Å². The summed E-state index contributed by atoms with van der Waals surface area (Å²) in [7, 11) is 3.23. The van der Waals surface area contributed by atoms with Crippen LogP contribution in [0.15, 0.2) is 35.7 Å². The van der Waals surface area contributed by atoms with Gasteiger partial charge >= 0.3 is 0 Å². The maximum atomic E-state index is 12.3. The van der Waals surface area contributed by atoms with E-state index in [-0.39, 0.29) is 43.2 Å². The van der Waals surface area contributed by atoms with Gasteiger partial charge in [0.05, 0.1) is 12.0 Å². The average molecular weight is 408 g/mol. The van der Waals surface area contributed by atoms with Crippen LogP contribution in [0.3, 0.4) is 0 Å². The van der Waals surface area contributed by atoms with E-state index in [4.69, 9.17) is 16.3 Å². The van der Waals surface area contributed by atoms with Crippen LogP contribution in [-0.4, -0.2) is 36.5 Å². The van der Waals surface area contributed by atoms with E-state index in [1.165, 1.54) is 16.2 Å². The van der Waals surface area contributed by atoms with Crippen molar-refractivity contribution in [2.24, 2.45) is 0 Å². The van der Waals surface area contributed by atoms with E-state index in [1.54, 1.807) is 38.4 Å². The Labute approximate surface area is 167 Å². The molecule has 0 bridgehead atoms. The molecule has 1 aromatic carbocycles. The van der Waals surface area contributed by atoms with Crippen LogP contribution in [0.4, 0.5) is 0 Å². The second-order valence-electron chi connectivity index (χ2n) is 6.15. The number of methoxy groups -OCH3 is 1. The molecular formula is C20H22ClNO4S. The van der Waals surface area contributed by atoms with Crippen molar-refractivity contribution < 1.29 is 19.1 Å². The molecule has 5 nitrogen and oxygen atoms in total. The fourth-order valence-corrected chi connectivity index (χ4v) is 3.48. The van der Waals surface area contributed by atoms with Crippen molar-refractivity contribution in [3.63, 3.8) is 0 Å².